The van der Waals surface area contributed by atoms with Crippen LogP contribution < -0.4 is 10.8 Å². The van der Waals surface area contributed by atoms with Crippen molar-refractivity contribution in [2.45, 2.75) is 16.2 Å². The van der Waals surface area contributed by atoms with E-state index in [1.54, 1.807) is 12.1 Å². The summed E-state index contributed by atoms with van der Waals surface area (Å²) in [5, 5.41) is 2.90. The summed E-state index contributed by atoms with van der Waals surface area (Å²) in [5.74, 6) is -1.46. The maximum Gasteiger partial charge on any atom is 0.417 e. The van der Waals surface area contributed by atoms with E-state index in [-0.39, 0.29) is 17.1 Å². The maximum absolute atomic E-state index is 13.0. The summed E-state index contributed by atoms with van der Waals surface area (Å²) in [6, 6.07) is 7.55. The second-order valence-electron chi connectivity index (χ2n) is 5.99. The van der Waals surface area contributed by atoms with Gasteiger partial charge in [-0.3, -0.25) is 14.4 Å². The molecule has 13 heteroatoms. The zero-order valence-corrected chi connectivity index (χ0v) is 17.7. The smallest absolute Gasteiger partial charge is 0.321 e. The Hall–Kier alpha value is -3.22. The number of carbonyl (C=O) groups is 2. The number of rotatable bonds is 6. The number of pyridine rings is 1. The van der Waals surface area contributed by atoms with Crippen molar-refractivity contribution < 1.29 is 27.6 Å². The van der Waals surface area contributed by atoms with E-state index >= 15 is 0 Å². The van der Waals surface area contributed by atoms with Crippen LogP contribution in [0, 0.1) is 0 Å². The van der Waals surface area contributed by atoms with Crippen LogP contribution in [0.25, 0.3) is 0 Å². The van der Waals surface area contributed by atoms with Crippen molar-refractivity contribution in [3.8, 4) is 0 Å². The molecule has 3 rings (SSSR count). The number of benzene rings is 1. The number of hydrogen-bond donors (Lipinski definition) is 2. The summed E-state index contributed by atoms with van der Waals surface area (Å²) < 4.78 is 39.0. The molecule has 0 saturated carbocycles. The highest BCUT2D eigenvalue weighted by Gasteiger charge is 2.33. The topological polar surface area (TPSA) is 106 Å². The monoisotopic (exact) mass is 483 g/mol. The van der Waals surface area contributed by atoms with E-state index in [4.69, 9.17) is 11.6 Å². The zero-order valence-electron chi connectivity index (χ0n) is 16.1. The van der Waals surface area contributed by atoms with Gasteiger partial charge in [0.05, 0.1) is 29.6 Å². The van der Waals surface area contributed by atoms with E-state index in [0.717, 1.165) is 17.8 Å². The van der Waals surface area contributed by atoms with Crippen LogP contribution in [0.5, 0.6) is 0 Å². The molecule has 3 aromatic rings. The fourth-order valence-corrected chi connectivity index (χ4v) is 3.30. The van der Waals surface area contributed by atoms with Crippen LogP contribution >= 0.6 is 23.4 Å². The predicted molar refractivity (Wildman–Crippen MR) is 109 cm³/mol. The minimum absolute atomic E-state index is 0.0954. The summed E-state index contributed by atoms with van der Waals surface area (Å²) in [4.78, 5) is 40.6. The first-order valence-corrected chi connectivity index (χ1v) is 9.85. The fraction of sp³-hybridized carbons (Fsp3) is 0.105. The molecule has 0 fully saturated rings. The van der Waals surface area contributed by atoms with Crippen molar-refractivity contribution >= 4 is 40.9 Å². The zero-order chi connectivity index (χ0) is 23.3. The molecule has 2 N–H and O–H groups in total. The maximum atomic E-state index is 13.0. The van der Waals surface area contributed by atoms with Gasteiger partial charge in [0.25, 0.3) is 5.91 Å². The number of carbonyl (C=O) groups excluding carboxylic acids is 2. The third-order valence-corrected chi connectivity index (χ3v) is 4.98. The number of hydroxylamine groups is 1. The highest BCUT2D eigenvalue weighted by Crippen LogP contribution is 2.35. The molecule has 0 bridgehead atoms. The molecule has 2 heterocycles. The van der Waals surface area contributed by atoms with E-state index in [9.17, 15) is 22.8 Å². The number of anilines is 1. The van der Waals surface area contributed by atoms with Crippen molar-refractivity contribution in [1.29, 1.82) is 0 Å². The number of nitrogens with zero attached hydrogens (tertiary/aromatic N) is 3. The molecule has 2 aromatic heterocycles. The minimum Gasteiger partial charge on any atom is -0.321 e. The molecule has 8 nitrogen and oxygen atoms in total. The van der Waals surface area contributed by atoms with Gasteiger partial charge in [-0.2, -0.15) is 13.2 Å². The van der Waals surface area contributed by atoms with Gasteiger partial charge in [0.2, 0.25) is 5.82 Å². The quantitative estimate of drug-likeness (QED) is 0.399. The Kier molecular flexibility index (Phi) is 7.28. The Morgan fingerprint density at radius 2 is 1.84 bits per heavy atom. The van der Waals surface area contributed by atoms with Crippen LogP contribution in [0.4, 0.5) is 18.9 Å². The van der Waals surface area contributed by atoms with E-state index in [2.05, 4.69) is 30.6 Å². The molecule has 0 aliphatic heterocycles. The largest absolute Gasteiger partial charge is 0.417 e. The lowest BCUT2D eigenvalue weighted by Crippen LogP contribution is -2.24. The highest BCUT2D eigenvalue weighted by atomic mass is 35.5. The molecule has 0 saturated heterocycles. The van der Waals surface area contributed by atoms with Crippen LogP contribution in [0.1, 0.15) is 26.5 Å². The number of nitrogens with one attached hydrogen (secondary N) is 2. The first kappa shape index (κ1) is 23.4. The molecule has 166 valence electrons. The van der Waals surface area contributed by atoms with Crippen molar-refractivity contribution in [2.75, 3.05) is 12.4 Å². The first-order valence-electron chi connectivity index (χ1n) is 8.66. The first-order chi connectivity index (χ1) is 15.2. The van der Waals surface area contributed by atoms with Gasteiger partial charge >= 0.3 is 12.1 Å². The normalized spacial score (nSPS) is 11.2. The summed E-state index contributed by atoms with van der Waals surface area (Å²) in [6.07, 6.45) is -1.95. The Morgan fingerprint density at radius 3 is 2.50 bits per heavy atom. The Bertz CT molecular complexity index is 1150. The van der Waals surface area contributed by atoms with E-state index in [1.807, 2.05) is 0 Å². The molecule has 0 atom stereocenters. The number of halogens is 4. The van der Waals surface area contributed by atoms with E-state index in [1.165, 1.54) is 31.6 Å². The third kappa shape index (κ3) is 5.93. The van der Waals surface area contributed by atoms with Crippen LogP contribution in [-0.4, -0.2) is 33.9 Å². The molecular formula is C19H13ClF3N5O3S. The SMILES string of the molecule is CONC(=O)c1nccc(Sc2ccc(NC(=O)c3ccc(Cl)c(C(F)(F)F)c3)cn2)n1. The lowest BCUT2D eigenvalue weighted by atomic mass is 10.1. The fourth-order valence-electron chi connectivity index (χ4n) is 2.36. The van der Waals surface area contributed by atoms with Gasteiger partial charge in [-0.15, -0.1) is 0 Å². The standard InChI is InChI=1S/C19H13ClF3N5O3S/c1-31-28-18(30)16-24-7-6-15(27-16)32-14-5-3-11(9-25-14)26-17(29)10-2-4-13(20)12(8-10)19(21,22)23/h2-9H,1H3,(H,26,29)(H,28,30). The van der Waals surface area contributed by atoms with Crippen LogP contribution in [0.2, 0.25) is 5.02 Å². The average Bonchev–Trinajstić information content (AvgIpc) is 2.75. The highest BCUT2D eigenvalue weighted by molar-refractivity contribution is 7.99. The van der Waals surface area contributed by atoms with Gasteiger partial charge in [-0.1, -0.05) is 11.6 Å². The summed E-state index contributed by atoms with van der Waals surface area (Å²) >= 11 is 6.70. The van der Waals surface area contributed by atoms with E-state index in [0.29, 0.717) is 16.1 Å². The van der Waals surface area contributed by atoms with Gasteiger partial charge in [0.15, 0.2) is 0 Å². The number of amides is 2. The number of aromatic nitrogens is 3. The molecule has 0 radical (unpaired) electrons. The summed E-state index contributed by atoms with van der Waals surface area (Å²) in [6.45, 7) is 0. The predicted octanol–water partition coefficient (Wildman–Crippen LogP) is 4.24. The van der Waals surface area contributed by atoms with Crippen LogP contribution in [0.3, 0.4) is 0 Å². The van der Waals surface area contributed by atoms with Gasteiger partial charge < -0.3 is 5.32 Å². The average molecular weight is 484 g/mol. The van der Waals surface area contributed by atoms with Crippen LogP contribution in [-0.2, 0) is 11.0 Å². The molecule has 0 aliphatic carbocycles. The molecule has 0 unspecified atom stereocenters. The minimum atomic E-state index is -4.68. The lowest BCUT2D eigenvalue weighted by Gasteiger charge is -2.11. The van der Waals surface area contributed by atoms with Gasteiger partial charge in [-0.05, 0) is 48.2 Å². The van der Waals surface area contributed by atoms with Gasteiger partial charge in [0, 0.05) is 11.8 Å². The molecule has 0 aliphatic rings. The Morgan fingerprint density at radius 1 is 1.06 bits per heavy atom. The Balaban J connectivity index is 1.68. The third-order valence-electron chi connectivity index (χ3n) is 3.77. The van der Waals surface area contributed by atoms with Crippen molar-refractivity contribution in [1.82, 2.24) is 20.4 Å². The second-order valence-corrected chi connectivity index (χ2v) is 7.44. The lowest BCUT2D eigenvalue weighted by molar-refractivity contribution is -0.137. The van der Waals surface area contributed by atoms with Crippen LogP contribution in [0.15, 0.2) is 58.8 Å². The van der Waals surface area contributed by atoms with Crippen molar-refractivity contribution in [3.63, 3.8) is 0 Å². The summed E-state index contributed by atoms with van der Waals surface area (Å²) in [7, 11) is 1.28. The second kappa shape index (κ2) is 9.94. The van der Waals surface area contributed by atoms with Crippen molar-refractivity contribution in [2.24, 2.45) is 0 Å². The molecular weight excluding hydrogens is 471 g/mol. The van der Waals surface area contributed by atoms with Gasteiger partial charge in [-0.25, -0.2) is 20.4 Å². The van der Waals surface area contributed by atoms with Crippen molar-refractivity contribution in [3.05, 3.63) is 70.8 Å². The van der Waals surface area contributed by atoms with E-state index < -0.39 is 28.6 Å². The van der Waals surface area contributed by atoms with Gasteiger partial charge in [0.1, 0.15) is 10.1 Å². The summed E-state index contributed by atoms with van der Waals surface area (Å²) in [5.41, 5.74) is 1.07. The Labute approximate surface area is 188 Å². The molecule has 32 heavy (non-hydrogen) atoms. The molecule has 1 aromatic carbocycles. The number of hydrogen-bond acceptors (Lipinski definition) is 7. The number of alkyl halides is 3. The molecule has 2 amide bonds. The molecule has 0 spiro atoms.